The third-order valence-electron chi connectivity index (χ3n) is 2.55. The zero-order valence-corrected chi connectivity index (χ0v) is 9.14. The van der Waals surface area contributed by atoms with Crippen LogP contribution >= 0.6 is 0 Å². The van der Waals surface area contributed by atoms with Gasteiger partial charge in [0.15, 0.2) is 6.29 Å². The molecule has 1 amide bonds. The lowest BCUT2D eigenvalue weighted by Crippen LogP contribution is -2.65. The van der Waals surface area contributed by atoms with Crippen molar-refractivity contribution in [2.75, 3.05) is 7.11 Å². The van der Waals surface area contributed by atoms with Gasteiger partial charge in [-0.3, -0.25) is 4.79 Å². The van der Waals surface area contributed by atoms with Crippen LogP contribution in [0.4, 0.5) is 0 Å². The van der Waals surface area contributed by atoms with Gasteiger partial charge in [-0.1, -0.05) is 0 Å². The fourth-order valence-corrected chi connectivity index (χ4v) is 1.66. The molecule has 0 aliphatic carbocycles. The maximum atomic E-state index is 10.9. The molecular formula is C9H18N2O4. The third kappa shape index (κ3) is 2.66. The second-order valence-corrected chi connectivity index (χ2v) is 3.74. The summed E-state index contributed by atoms with van der Waals surface area (Å²) < 4.78 is 10.5. The predicted molar refractivity (Wildman–Crippen MR) is 52.9 cm³/mol. The molecule has 5 atom stereocenters. The molecule has 1 saturated heterocycles. The van der Waals surface area contributed by atoms with E-state index < -0.39 is 24.5 Å². The number of ether oxygens (including phenoxy) is 2. The Morgan fingerprint density at radius 2 is 2.20 bits per heavy atom. The molecule has 0 radical (unpaired) electrons. The number of nitrogens with one attached hydrogen (secondary N) is 1. The quantitative estimate of drug-likeness (QED) is 0.528. The number of hydrogen-bond acceptors (Lipinski definition) is 5. The van der Waals surface area contributed by atoms with E-state index in [1.807, 2.05) is 0 Å². The van der Waals surface area contributed by atoms with Crippen LogP contribution < -0.4 is 11.1 Å². The Balaban J connectivity index is 2.75. The van der Waals surface area contributed by atoms with Gasteiger partial charge in [-0.25, -0.2) is 0 Å². The Morgan fingerprint density at radius 1 is 1.60 bits per heavy atom. The van der Waals surface area contributed by atoms with E-state index in [0.29, 0.717) is 0 Å². The Morgan fingerprint density at radius 3 is 2.67 bits per heavy atom. The highest BCUT2D eigenvalue weighted by atomic mass is 16.7. The summed E-state index contributed by atoms with van der Waals surface area (Å²) in [5.74, 6) is -0.258. The second-order valence-electron chi connectivity index (χ2n) is 3.74. The summed E-state index contributed by atoms with van der Waals surface area (Å²) in [6.45, 7) is 3.12. The highest BCUT2D eigenvalue weighted by Crippen LogP contribution is 2.19. The van der Waals surface area contributed by atoms with Crippen molar-refractivity contribution in [1.29, 1.82) is 0 Å². The molecule has 1 aliphatic rings. The van der Waals surface area contributed by atoms with E-state index in [1.165, 1.54) is 14.0 Å². The summed E-state index contributed by atoms with van der Waals surface area (Å²) in [6.07, 6.45) is -1.85. The molecule has 6 heteroatoms. The largest absolute Gasteiger partial charge is 0.389 e. The molecule has 6 nitrogen and oxygen atoms in total. The number of carbonyl (C=O) groups is 1. The minimum Gasteiger partial charge on any atom is -0.389 e. The van der Waals surface area contributed by atoms with Gasteiger partial charge in [-0.05, 0) is 6.92 Å². The number of amides is 1. The van der Waals surface area contributed by atoms with Gasteiger partial charge in [0.1, 0.15) is 6.04 Å². The first-order valence-corrected chi connectivity index (χ1v) is 4.86. The van der Waals surface area contributed by atoms with Crippen molar-refractivity contribution in [2.45, 2.75) is 44.4 Å². The first-order chi connectivity index (χ1) is 6.97. The lowest BCUT2D eigenvalue weighted by molar-refractivity contribution is -0.222. The van der Waals surface area contributed by atoms with Gasteiger partial charge in [0, 0.05) is 14.0 Å². The Hall–Kier alpha value is -0.690. The molecule has 0 aromatic heterocycles. The van der Waals surface area contributed by atoms with Crippen LogP contribution in [0, 0.1) is 0 Å². The predicted octanol–water partition coefficient (Wildman–Crippen LogP) is -1.43. The van der Waals surface area contributed by atoms with E-state index in [0.717, 1.165) is 0 Å². The van der Waals surface area contributed by atoms with Gasteiger partial charge in [-0.2, -0.15) is 0 Å². The number of carbonyl (C=O) groups excluding carboxylic acids is 1. The maximum absolute atomic E-state index is 10.9. The second kappa shape index (κ2) is 4.89. The molecule has 1 fully saturated rings. The fourth-order valence-electron chi connectivity index (χ4n) is 1.66. The van der Waals surface area contributed by atoms with Crippen LogP contribution in [0.25, 0.3) is 0 Å². The smallest absolute Gasteiger partial charge is 0.217 e. The summed E-state index contributed by atoms with van der Waals surface area (Å²) in [4.78, 5) is 10.9. The average molecular weight is 218 g/mol. The van der Waals surface area contributed by atoms with E-state index in [-0.39, 0.29) is 12.0 Å². The highest BCUT2D eigenvalue weighted by Gasteiger charge is 2.42. The third-order valence-corrected chi connectivity index (χ3v) is 2.55. The van der Waals surface area contributed by atoms with Crippen molar-refractivity contribution < 1.29 is 19.4 Å². The van der Waals surface area contributed by atoms with Gasteiger partial charge >= 0.3 is 0 Å². The summed E-state index contributed by atoms with van der Waals surface area (Å²) in [6, 6.07) is -1.16. The van der Waals surface area contributed by atoms with Crippen LogP contribution in [0.15, 0.2) is 0 Å². The minimum absolute atomic E-state index is 0.258. The molecule has 0 aromatic rings. The number of methoxy groups -OCH3 is 1. The molecule has 0 bridgehead atoms. The molecule has 1 aliphatic heterocycles. The summed E-state index contributed by atoms with van der Waals surface area (Å²) in [5, 5.41) is 12.4. The Kier molecular flexibility index (Phi) is 4.04. The van der Waals surface area contributed by atoms with Crippen molar-refractivity contribution in [3.05, 3.63) is 0 Å². The number of rotatable bonds is 2. The van der Waals surface area contributed by atoms with Gasteiger partial charge in [0.25, 0.3) is 0 Å². The number of nitrogens with two attached hydrogens (primary N) is 1. The number of hydrogen-bond donors (Lipinski definition) is 3. The maximum Gasteiger partial charge on any atom is 0.217 e. The topological polar surface area (TPSA) is 93.8 Å². The highest BCUT2D eigenvalue weighted by molar-refractivity contribution is 5.73. The van der Waals surface area contributed by atoms with Crippen LogP contribution in [0.1, 0.15) is 13.8 Å². The molecule has 0 unspecified atom stereocenters. The molecular weight excluding hydrogens is 200 g/mol. The van der Waals surface area contributed by atoms with Crippen LogP contribution in [0.3, 0.4) is 0 Å². The van der Waals surface area contributed by atoms with Crippen molar-refractivity contribution in [3.8, 4) is 0 Å². The molecule has 15 heavy (non-hydrogen) atoms. The molecule has 1 rings (SSSR count). The van der Waals surface area contributed by atoms with E-state index in [4.69, 9.17) is 15.2 Å². The molecule has 1 heterocycles. The molecule has 0 aromatic carbocycles. The Labute approximate surface area is 88.7 Å². The van der Waals surface area contributed by atoms with Crippen molar-refractivity contribution in [1.82, 2.24) is 5.32 Å². The first-order valence-electron chi connectivity index (χ1n) is 4.86. The van der Waals surface area contributed by atoms with Gasteiger partial charge in [0.05, 0.1) is 18.2 Å². The van der Waals surface area contributed by atoms with E-state index in [2.05, 4.69) is 5.32 Å². The lowest BCUT2D eigenvalue weighted by atomic mass is 9.96. The summed E-state index contributed by atoms with van der Waals surface area (Å²) in [7, 11) is 1.45. The van der Waals surface area contributed by atoms with Crippen LogP contribution in [-0.2, 0) is 14.3 Å². The minimum atomic E-state index is -0.873. The average Bonchev–Trinajstić information content (AvgIpc) is 2.18. The monoisotopic (exact) mass is 218 g/mol. The van der Waals surface area contributed by atoms with Crippen LogP contribution in [-0.4, -0.2) is 48.7 Å². The SMILES string of the molecule is CO[C@H]1O[C@H](C)[C@H](N)[C@H](O)[C@H]1NC(C)=O. The van der Waals surface area contributed by atoms with E-state index in [1.54, 1.807) is 6.92 Å². The number of aliphatic hydroxyl groups excluding tert-OH is 1. The van der Waals surface area contributed by atoms with Gasteiger partial charge in [0.2, 0.25) is 5.91 Å². The number of aliphatic hydroxyl groups is 1. The van der Waals surface area contributed by atoms with E-state index in [9.17, 15) is 9.90 Å². The zero-order valence-electron chi connectivity index (χ0n) is 9.14. The van der Waals surface area contributed by atoms with Crippen molar-refractivity contribution in [3.63, 3.8) is 0 Å². The Bertz CT molecular complexity index is 234. The molecule has 88 valence electrons. The standard InChI is InChI=1S/C9H18N2O4/c1-4-6(10)8(13)7(11-5(2)12)9(14-3)15-4/h4,6-9,13H,10H2,1-3H3,(H,11,12)/t4-,6+,7-,8+,9+/m1/s1. The normalized spacial score (nSPS) is 41.3. The lowest BCUT2D eigenvalue weighted by Gasteiger charge is -2.41. The molecule has 0 spiro atoms. The summed E-state index contributed by atoms with van der Waals surface area (Å²) in [5.41, 5.74) is 5.72. The van der Waals surface area contributed by atoms with Crippen molar-refractivity contribution in [2.24, 2.45) is 5.73 Å². The van der Waals surface area contributed by atoms with Crippen LogP contribution in [0.2, 0.25) is 0 Å². The van der Waals surface area contributed by atoms with Crippen LogP contribution in [0.5, 0.6) is 0 Å². The van der Waals surface area contributed by atoms with E-state index >= 15 is 0 Å². The van der Waals surface area contributed by atoms with Gasteiger partial charge < -0.3 is 25.6 Å². The fraction of sp³-hybridized carbons (Fsp3) is 0.889. The zero-order chi connectivity index (χ0) is 11.6. The molecule has 0 saturated carbocycles. The summed E-state index contributed by atoms with van der Waals surface area (Å²) >= 11 is 0. The van der Waals surface area contributed by atoms with Gasteiger partial charge in [-0.15, -0.1) is 0 Å². The van der Waals surface area contributed by atoms with Crippen molar-refractivity contribution >= 4 is 5.91 Å². The first kappa shape index (κ1) is 12.4. The molecule has 4 N–H and O–H groups in total.